The van der Waals surface area contributed by atoms with E-state index in [1.165, 1.54) is 18.4 Å². The standard InChI is InChI=1S/C15H18BrN3/c1-3-19-14(17)13(18-15(19)10-6-7-10)11-5-4-9(2)12(16)8-11/h4-5,8,10H,3,6-7,17H2,1-2H3. The first-order valence-electron chi connectivity index (χ1n) is 6.74. The van der Waals surface area contributed by atoms with Gasteiger partial charge in [-0.25, -0.2) is 4.98 Å². The maximum atomic E-state index is 6.29. The van der Waals surface area contributed by atoms with Crippen molar-refractivity contribution < 1.29 is 0 Å². The number of hydrogen-bond acceptors (Lipinski definition) is 2. The van der Waals surface area contributed by atoms with Gasteiger partial charge < -0.3 is 10.3 Å². The molecule has 0 amide bonds. The van der Waals surface area contributed by atoms with Gasteiger partial charge in [-0.3, -0.25) is 0 Å². The van der Waals surface area contributed by atoms with Crippen LogP contribution in [0.1, 0.15) is 37.1 Å². The van der Waals surface area contributed by atoms with Crippen molar-refractivity contribution in [3.63, 3.8) is 0 Å². The predicted molar refractivity (Wildman–Crippen MR) is 82.2 cm³/mol. The molecule has 2 aromatic rings. The molecule has 3 rings (SSSR count). The van der Waals surface area contributed by atoms with E-state index in [-0.39, 0.29) is 0 Å². The van der Waals surface area contributed by atoms with E-state index in [0.717, 1.165) is 33.9 Å². The number of nitrogens with two attached hydrogens (primary N) is 1. The number of hydrogen-bond donors (Lipinski definition) is 1. The molecular formula is C15H18BrN3. The highest BCUT2D eigenvalue weighted by Gasteiger charge is 2.30. The number of benzene rings is 1. The fourth-order valence-corrected chi connectivity index (χ4v) is 2.80. The average Bonchev–Trinajstić information content (AvgIpc) is 3.17. The van der Waals surface area contributed by atoms with Gasteiger partial charge in [-0.05, 0) is 38.3 Å². The van der Waals surface area contributed by atoms with Crippen molar-refractivity contribution in [2.75, 3.05) is 5.73 Å². The third-order valence-corrected chi connectivity index (χ3v) is 4.59. The van der Waals surface area contributed by atoms with E-state index < -0.39 is 0 Å². The van der Waals surface area contributed by atoms with E-state index in [2.05, 4.69) is 52.5 Å². The number of aryl methyl sites for hydroxylation is 1. The Labute approximate surface area is 122 Å². The molecule has 1 heterocycles. The summed E-state index contributed by atoms with van der Waals surface area (Å²) in [6.45, 7) is 5.09. The number of halogens is 1. The zero-order chi connectivity index (χ0) is 13.6. The van der Waals surface area contributed by atoms with Crippen LogP contribution in [0.3, 0.4) is 0 Å². The Hall–Kier alpha value is -1.29. The SMILES string of the molecule is CCn1c(C2CC2)nc(-c2ccc(C)c(Br)c2)c1N. The zero-order valence-corrected chi connectivity index (χ0v) is 12.9. The lowest BCUT2D eigenvalue weighted by Crippen LogP contribution is -2.04. The third-order valence-electron chi connectivity index (χ3n) is 3.74. The molecule has 100 valence electrons. The van der Waals surface area contributed by atoms with Crippen LogP contribution in [0.2, 0.25) is 0 Å². The molecule has 1 aromatic heterocycles. The Kier molecular flexibility index (Phi) is 3.13. The van der Waals surface area contributed by atoms with Crippen molar-refractivity contribution in [2.45, 2.75) is 39.2 Å². The van der Waals surface area contributed by atoms with E-state index >= 15 is 0 Å². The smallest absolute Gasteiger partial charge is 0.131 e. The first-order chi connectivity index (χ1) is 9.11. The van der Waals surface area contributed by atoms with Crippen LogP contribution in [-0.2, 0) is 6.54 Å². The average molecular weight is 320 g/mol. The summed E-state index contributed by atoms with van der Waals surface area (Å²) in [7, 11) is 0. The largest absolute Gasteiger partial charge is 0.383 e. The second-order valence-corrected chi connectivity index (χ2v) is 6.04. The number of rotatable bonds is 3. The topological polar surface area (TPSA) is 43.8 Å². The maximum Gasteiger partial charge on any atom is 0.131 e. The summed E-state index contributed by atoms with van der Waals surface area (Å²) in [6.07, 6.45) is 2.49. The molecule has 1 aliphatic rings. The van der Waals surface area contributed by atoms with Gasteiger partial charge in [0.1, 0.15) is 17.3 Å². The summed E-state index contributed by atoms with van der Waals surface area (Å²) in [6, 6.07) is 6.29. The van der Waals surface area contributed by atoms with Crippen LogP contribution < -0.4 is 5.73 Å². The van der Waals surface area contributed by atoms with E-state index in [0.29, 0.717) is 5.92 Å². The molecule has 4 heteroatoms. The molecule has 1 aromatic carbocycles. The Morgan fingerprint density at radius 3 is 2.74 bits per heavy atom. The molecular weight excluding hydrogens is 302 g/mol. The third kappa shape index (κ3) is 2.18. The molecule has 2 N–H and O–H groups in total. The molecule has 0 radical (unpaired) electrons. The van der Waals surface area contributed by atoms with Gasteiger partial charge >= 0.3 is 0 Å². The molecule has 0 spiro atoms. The van der Waals surface area contributed by atoms with Gasteiger partial charge in [-0.2, -0.15) is 0 Å². The van der Waals surface area contributed by atoms with Crippen molar-refractivity contribution in [2.24, 2.45) is 0 Å². The number of nitrogens with zero attached hydrogens (tertiary/aromatic N) is 2. The van der Waals surface area contributed by atoms with Gasteiger partial charge in [0.2, 0.25) is 0 Å². The van der Waals surface area contributed by atoms with Gasteiger partial charge in [0.25, 0.3) is 0 Å². The van der Waals surface area contributed by atoms with Gasteiger partial charge in [-0.1, -0.05) is 28.1 Å². The molecule has 3 nitrogen and oxygen atoms in total. The highest BCUT2D eigenvalue weighted by molar-refractivity contribution is 9.10. The fourth-order valence-electron chi connectivity index (χ4n) is 2.42. The summed E-state index contributed by atoms with van der Waals surface area (Å²) < 4.78 is 3.25. The monoisotopic (exact) mass is 319 g/mol. The Morgan fingerprint density at radius 1 is 1.42 bits per heavy atom. The van der Waals surface area contributed by atoms with Gasteiger partial charge in [-0.15, -0.1) is 0 Å². The molecule has 0 aliphatic heterocycles. The van der Waals surface area contributed by atoms with Crippen LogP contribution in [0.25, 0.3) is 11.3 Å². The fraction of sp³-hybridized carbons (Fsp3) is 0.400. The van der Waals surface area contributed by atoms with E-state index in [1.807, 2.05) is 0 Å². The first-order valence-corrected chi connectivity index (χ1v) is 7.53. The summed E-state index contributed by atoms with van der Waals surface area (Å²) >= 11 is 3.58. The Morgan fingerprint density at radius 2 is 2.16 bits per heavy atom. The van der Waals surface area contributed by atoms with Crippen LogP contribution in [0, 0.1) is 6.92 Å². The highest BCUT2D eigenvalue weighted by Crippen LogP contribution is 2.42. The molecule has 0 unspecified atom stereocenters. The zero-order valence-electron chi connectivity index (χ0n) is 11.3. The summed E-state index contributed by atoms with van der Waals surface area (Å²) in [5.74, 6) is 2.57. The van der Waals surface area contributed by atoms with Gasteiger partial charge in [0.15, 0.2) is 0 Å². The van der Waals surface area contributed by atoms with E-state index in [4.69, 9.17) is 10.7 Å². The van der Waals surface area contributed by atoms with Gasteiger partial charge in [0.05, 0.1) is 0 Å². The van der Waals surface area contributed by atoms with Crippen molar-refractivity contribution in [3.8, 4) is 11.3 Å². The Bertz CT molecular complexity index is 627. The van der Waals surface area contributed by atoms with Crippen LogP contribution in [0.5, 0.6) is 0 Å². The molecule has 0 atom stereocenters. The lowest BCUT2D eigenvalue weighted by Gasteiger charge is -2.06. The van der Waals surface area contributed by atoms with Gasteiger partial charge in [0, 0.05) is 22.5 Å². The summed E-state index contributed by atoms with van der Waals surface area (Å²) in [5.41, 5.74) is 9.52. The number of imidazole rings is 1. The molecule has 0 saturated heterocycles. The minimum atomic E-state index is 0.616. The van der Waals surface area contributed by atoms with Crippen molar-refractivity contribution in [1.82, 2.24) is 9.55 Å². The maximum absolute atomic E-state index is 6.29. The summed E-state index contributed by atoms with van der Waals surface area (Å²) in [5, 5.41) is 0. The number of anilines is 1. The first kappa shape index (κ1) is 12.7. The Balaban J connectivity index is 2.11. The molecule has 0 bridgehead atoms. The van der Waals surface area contributed by atoms with Crippen molar-refractivity contribution in [1.29, 1.82) is 0 Å². The minimum absolute atomic E-state index is 0.616. The van der Waals surface area contributed by atoms with E-state index in [1.54, 1.807) is 0 Å². The van der Waals surface area contributed by atoms with Crippen molar-refractivity contribution in [3.05, 3.63) is 34.1 Å². The highest BCUT2D eigenvalue weighted by atomic mass is 79.9. The number of nitrogen functional groups attached to an aromatic ring is 1. The van der Waals surface area contributed by atoms with Crippen molar-refractivity contribution >= 4 is 21.7 Å². The second-order valence-electron chi connectivity index (χ2n) is 5.19. The van der Waals surface area contributed by atoms with E-state index in [9.17, 15) is 0 Å². The molecule has 1 fully saturated rings. The normalized spacial score (nSPS) is 14.9. The van der Waals surface area contributed by atoms with Crippen LogP contribution in [-0.4, -0.2) is 9.55 Å². The minimum Gasteiger partial charge on any atom is -0.383 e. The van der Waals surface area contributed by atoms with Crippen LogP contribution >= 0.6 is 15.9 Å². The lowest BCUT2D eigenvalue weighted by atomic mass is 10.1. The van der Waals surface area contributed by atoms with Crippen LogP contribution in [0.4, 0.5) is 5.82 Å². The molecule has 1 saturated carbocycles. The predicted octanol–water partition coefficient (Wildman–Crippen LogP) is 4.10. The second kappa shape index (κ2) is 4.67. The molecule has 1 aliphatic carbocycles. The lowest BCUT2D eigenvalue weighted by molar-refractivity contribution is 0.708. The number of aromatic nitrogens is 2. The summed E-state index contributed by atoms with van der Waals surface area (Å²) in [4.78, 5) is 4.80. The van der Waals surface area contributed by atoms with Crippen LogP contribution in [0.15, 0.2) is 22.7 Å². The molecule has 19 heavy (non-hydrogen) atoms. The quantitative estimate of drug-likeness (QED) is 0.925.